The van der Waals surface area contributed by atoms with Gasteiger partial charge in [-0.15, -0.1) is 0 Å². The van der Waals surface area contributed by atoms with Gasteiger partial charge in [0, 0.05) is 67.4 Å². The minimum Gasteiger partial charge on any atom is -0.493 e. The van der Waals surface area contributed by atoms with Crippen LogP contribution in [0.5, 0.6) is 23.0 Å². The van der Waals surface area contributed by atoms with Crippen LogP contribution in [0.2, 0.25) is 19.1 Å². The van der Waals surface area contributed by atoms with Gasteiger partial charge < -0.3 is 47.8 Å². The second-order valence-electron chi connectivity index (χ2n) is 19.2. The van der Waals surface area contributed by atoms with Crippen molar-refractivity contribution in [2.45, 2.75) is 83.0 Å². The van der Waals surface area contributed by atoms with E-state index in [4.69, 9.17) is 38.2 Å². The van der Waals surface area contributed by atoms with E-state index in [1.165, 1.54) is 12.7 Å². The average Bonchev–Trinajstić information content (AvgIpc) is 3.87. The molecule has 0 saturated carbocycles. The van der Waals surface area contributed by atoms with Gasteiger partial charge in [-0.25, -0.2) is 0 Å². The number of fused-ring (bicyclic) bond motifs is 8. The molecule has 0 aliphatic carbocycles. The van der Waals surface area contributed by atoms with Gasteiger partial charge in [0.25, 0.3) is 11.8 Å². The van der Waals surface area contributed by atoms with Crippen molar-refractivity contribution >= 4 is 55.0 Å². The molecule has 0 spiro atoms. The second-order valence-corrected chi connectivity index (χ2v) is 23.4. The predicted molar refractivity (Wildman–Crippen MR) is 279 cm³/mol. The molecule has 5 aromatic carbocycles. The summed E-state index contributed by atoms with van der Waals surface area (Å²) in [6, 6.07) is 29.4. The first-order valence-electron chi connectivity index (χ1n) is 24.8. The Morgan fingerprint density at radius 1 is 0.708 bits per heavy atom. The molecule has 2 atom stereocenters. The normalized spacial score (nSPS) is 16.5. The molecule has 16 heteroatoms. The summed E-state index contributed by atoms with van der Waals surface area (Å²) in [6.07, 6.45) is 5.58. The molecule has 0 unspecified atom stereocenters. The number of aliphatic imine (C=N–C) groups is 1. The molecule has 72 heavy (non-hydrogen) atoms. The fourth-order valence-electron chi connectivity index (χ4n) is 10.1. The number of carbonyl (C=O) groups is 3. The second kappa shape index (κ2) is 22.5. The van der Waals surface area contributed by atoms with Crippen LogP contribution in [0.3, 0.4) is 0 Å². The Hall–Kier alpha value is -6.56. The van der Waals surface area contributed by atoms with Crippen molar-refractivity contribution in [3.63, 3.8) is 0 Å². The molecular formula is C56H64N4O11Si. The van der Waals surface area contributed by atoms with Crippen molar-refractivity contribution < 1.29 is 52.3 Å². The maximum Gasteiger partial charge on any atom is 0.261 e. The van der Waals surface area contributed by atoms with Crippen LogP contribution < -0.4 is 33.6 Å². The number of methoxy groups -OCH3 is 3. The van der Waals surface area contributed by atoms with Crippen molar-refractivity contribution in [1.29, 1.82) is 0 Å². The van der Waals surface area contributed by atoms with Gasteiger partial charge in [-0.3, -0.25) is 24.3 Å². The number of rotatable bonds is 22. The number of benzene rings is 5. The summed E-state index contributed by atoms with van der Waals surface area (Å²) in [7, 11) is 2.32. The third-order valence-corrected chi connectivity index (χ3v) is 15.2. The smallest absolute Gasteiger partial charge is 0.261 e. The highest BCUT2D eigenvalue weighted by Crippen LogP contribution is 2.43. The van der Waals surface area contributed by atoms with Crippen LogP contribution in [0.1, 0.15) is 67.8 Å². The summed E-state index contributed by atoms with van der Waals surface area (Å²) in [5, 5.41) is 0. The maximum absolute atomic E-state index is 14.3. The van der Waals surface area contributed by atoms with Crippen LogP contribution in [0.15, 0.2) is 96.0 Å². The molecule has 4 heterocycles. The van der Waals surface area contributed by atoms with E-state index < -0.39 is 8.32 Å². The summed E-state index contributed by atoms with van der Waals surface area (Å²) >= 11 is 0. The molecule has 0 bridgehead atoms. The molecule has 4 aliphatic rings. The first-order valence-corrected chi connectivity index (χ1v) is 27.9. The molecule has 0 fully saturated rings. The predicted octanol–water partition coefficient (Wildman–Crippen LogP) is 8.66. The molecular weight excluding hydrogens is 933 g/mol. The Balaban J connectivity index is 1.00. The Morgan fingerprint density at radius 3 is 2.00 bits per heavy atom. The van der Waals surface area contributed by atoms with Crippen molar-refractivity contribution in [2.75, 3.05) is 75.6 Å². The van der Waals surface area contributed by atoms with E-state index in [-0.39, 0.29) is 62.6 Å². The number of aryl methyl sites for hydroxylation is 1. The molecule has 5 aromatic rings. The van der Waals surface area contributed by atoms with E-state index in [1.54, 1.807) is 42.2 Å². The van der Waals surface area contributed by atoms with Crippen molar-refractivity contribution in [3.8, 4) is 23.0 Å². The average molecular weight is 997 g/mol. The molecule has 3 amide bonds. The topological polar surface area (TPSA) is 158 Å². The van der Waals surface area contributed by atoms with Crippen LogP contribution in [0, 0.1) is 0 Å². The first-order chi connectivity index (χ1) is 34.9. The van der Waals surface area contributed by atoms with E-state index in [0.29, 0.717) is 97.2 Å². The number of amides is 3. The van der Waals surface area contributed by atoms with Gasteiger partial charge in [0.1, 0.15) is 13.2 Å². The molecule has 1 N–H and O–H groups in total. The molecule has 0 saturated heterocycles. The maximum atomic E-state index is 14.3. The summed E-state index contributed by atoms with van der Waals surface area (Å²) in [5.41, 5.74) is 8.57. The van der Waals surface area contributed by atoms with Gasteiger partial charge in [0.2, 0.25) is 5.91 Å². The van der Waals surface area contributed by atoms with Gasteiger partial charge in [0.15, 0.2) is 31.3 Å². The zero-order valence-electron chi connectivity index (χ0n) is 41.8. The highest BCUT2D eigenvalue weighted by Gasteiger charge is 2.39. The largest absolute Gasteiger partial charge is 0.493 e. The van der Waals surface area contributed by atoms with Crippen molar-refractivity contribution in [3.05, 3.63) is 130 Å². The minimum atomic E-state index is -2.40. The molecule has 378 valence electrons. The Kier molecular flexibility index (Phi) is 15.7. The number of hydrogen-bond acceptors (Lipinski definition) is 12. The standard InChI is InChI=1S/C56H64N4O11Si/c1-65-20-21-69-23-22-68-19-18-58(54(61)15-10-24-72(4,5)64)43-26-37(35-70-52-30-39-16-17-42-28-40-11-6-8-13-48(40)59(42)55(62)45(39)31-50(52)66-2)25-38(27-43)36-71-53-33-47-46(32-51(53)67-3)56(63)60-44(34-57-47)29-41-12-7-9-14-49(41)60/h6-9,11-14,25-27,30-34,42,44,64H,10,15-24,28-29,35-36H2,1-5H3/t42-,44+/m1/s1. The summed E-state index contributed by atoms with van der Waals surface area (Å²) in [6.45, 7) is 6.05. The quantitative estimate of drug-likeness (QED) is 0.0523. The lowest BCUT2D eigenvalue weighted by Gasteiger charge is -2.25. The molecule has 15 nitrogen and oxygen atoms in total. The van der Waals surface area contributed by atoms with E-state index >= 15 is 0 Å². The van der Waals surface area contributed by atoms with E-state index in [0.717, 1.165) is 46.5 Å². The number of para-hydroxylation sites is 2. The van der Waals surface area contributed by atoms with Gasteiger partial charge in [-0.2, -0.15) is 0 Å². The third kappa shape index (κ3) is 11.2. The Bertz CT molecular complexity index is 2830. The van der Waals surface area contributed by atoms with Crippen LogP contribution >= 0.6 is 0 Å². The van der Waals surface area contributed by atoms with Crippen LogP contribution in [-0.2, 0) is 51.5 Å². The van der Waals surface area contributed by atoms with Gasteiger partial charge in [-0.05, 0) is 121 Å². The van der Waals surface area contributed by atoms with Crippen molar-refractivity contribution in [1.82, 2.24) is 0 Å². The Labute approximate surface area is 422 Å². The fourth-order valence-corrected chi connectivity index (χ4v) is 11.1. The van der Waals surface area contributed by atoms with Crippen LogP contribution in [0.4, 0.5) is 22.7 Å². The summed E-state index contributed by atoms with van der Waals surface area (Å²) in [4.78, 5) is 63.5. The highest BCUT2D eigenvalue weighted by molar-refractivity contribution is 6.69. The zero-order chi connectivity index (χ0) is 50.4. The lowest BCUT2D eigenvalue weighted by Crippen LogP contribution is -2.37. The minimum absolute atomic E-state index is 0.0486. The van der Waals surface area contributed by atoms with Gasteiger partial charge in [-0.1, -0.05) is 36.4 Å². The van der Waals surface area contributed by atoms with Crippen LogP contribution in [0.25, 0.3) is 0 Å². The van der Waals surface area contributed by atoms with Crippen LogP contribution in [-0.4, -0.2) is 110 Å². The number of anilines is 3. The first kappa shape index (κ1) is 50.4. The zero-order valence-corrected chi connectivity index (χ0v) is 42.8. The van der Waals surface area contributed by atoms with E-state index in [2.05, 4.69) is 6.07 Å². The number of carbonyl (C=O) groups excluding carboxylic acids is 3. The lowest BCUT2D eigenvalue weighted by atomic mass is 9.99. The number of nitrogens with zero attached hydrogens (tertiary/aromatic N) is 4. The van der Waals surface area contributed by atoms with Gasteiger partial charge >= 0.3 is 0 Å². The SMILES string of the molecule is COCCOCCOCCN(C(=O)CCC[Si](C)(C)O)c1cc(COc2cc3c(cc2OC)C(=O)N2c4ccccc4C[C@H]2CC3)cc(COc2cc3c(cc2OC)C(=O)N2c4ccccc4C[C@H]2C=N3)c1. The highest BCUT2D eigenvalue weighted by atomic mass is 28.4. The molecule has 0 radical (unpaired) electrons. The number of hydrogen-bond donors (Lipinski definition) is 1. The van der Waals surface area contributed by atoms with Gasteiger partial charge in [0.05, 0.1) is 64.5 Å². The Morgan fingerprint density at radius 2 is 1.32 bits per heavy atom. The molecule has 0 aromatic heterocycles. The summed E-state index contributed by atoms with van der Waals surface area (Å²) < 4.78 is 41.5. The molecule has 4 aliphatic heterocycles. The number of ether oxygens (including phenoxy) is 7. The molecule has 9 rings (SSSR count). The van der Waals surface area contributed by atoms with Crippen molar-refractivity contribution in [2.24, 2.45) is 4.99 Å². The van der Waals surface area contributed by atoms with E-state index in [1.807, 2.05) is 90.9 Å². The fraction of sp³-hybridized carbons (Fsp3) is 0.393. The monoisotopic (exact) mass is 996 g/mol. The summed E-state index contributed by atoms with van der Waals surface area (Å²) in [5.74, 6) is 1.36. The lowest BCUT2D eigenvalue weighted by molar-refractivity contribution is -0.118. The third-order valence-electron chi connectivity index (χ3n) is 13.7. The van der Waals surface area contributed by atoms with E-state index in [9.17, 15) is 19.2 Å².